The SMILES string of the molecule is O=C(O)CCc1ccc(N[P@@](=O)(Oc2ccccc2)N(CCCl)CCCl)cc1. The summed E-state index contributed by atoms with van der Waals surface area (Å²) >= 11 is 11.8. The van der Waals surface area contributed by atoms with E-state index in [2.05, 4.69) is 5.09 Å². The number of anilines is 1. The first-order chi connectivity index (χ1) is 13.5. The molecule has 1 atom stereocenters. The summed E-state index contributed by atoms with van der Waals surface area (Å²) in [4.78, 5) is 10.7. The molecule has 2 rings (SSSR count). The Bertz CT molecular complexity index is 784. The van der Waals surface area contributed by atoms with Crippen LogP contribution < -0.4 is 9.61 Å². The molecule has 28 heavy (non-hydrogen) atoms. The fourth-order valence-corrected chi connectivity index (χ4v) is 5.06. The van der Waals surface area contributed by atoms with Gasteiger partial charge in [0.1, 0.15) is 5.75 Å². The summed E-state index contributed by atoms with van der Waals surface area (Å²) < 4.78 is 21.2. The molecule has 0 saturated heterocycles. The minimum Gasteiger partial charge on any atom is -0.481 e. The lowest BCUT2D eigenvalue weighted by molar-refractivity contribution is -0.136. The number of hydrogen-bond donors (Lipinski definition) is 2. The molecule has 0 radical (unpaired) electrons. The molecule has 0 aromatic heterocycles. The minimum absolute atomic E-state index is 0.0572. The van der Waals surface area contributed by atoms with Gasteiger partial charge in [0.2, 0.25) is 0 Å². The molecular formula is C19H23Cl2N2O4P. The number of carbonyl (C=O) groups is 1. The number of para-hydroxylation sites is 1. The van der Waals surface area contributed by atoms with Crippen LogP contribution in [0.2, 0.25) is 0 Å². The third-order valence-electron chi connectivity index (χ3n) is 3.88. The molecule has 0 saturated carbocycles. The second kappa shape index (κ2) is 11.3. The van der Waals surface area contributed by atoms with Crippen molar-refractivity contribution in [1.29, 1.82) is 0 Å². The van der Waals surface area contributed by atoms with Gasteiger partial charge in [-0.15, -0.1) is 23.2 Å². The number of hydrogen-bond acceptors (Lipinski definition) is 3. The summed E-state index contributed by atoms with van der Waals surface area (Å²) in [5, 5.41) is 11.8. The van der Waals surface area contributed by atoms with Crippen LogP contribution in [0.5, 0.6) is 5.75 Å². The van der Waals surface area contributed by atoms with Crippen molar-refractivity contribution >= 4 is 42.5 Å². The molecule has 2 aromatic carbocycles. The van der Waals surface area contributed by atoms with Gasteiger partial charge < -0.3 is 9.63 Å². The van der Waals surface area contributed by atoms with Crippen LogP contribution in [-0.4, -0.2) is 40.6 Å². The zero-order valence-electron chi connectivity index (χ0n) is 15.3. The van der Waals surface area contributed by atoms with Gasteiger partial charge in [0.05, 0.1) is 0 Å². The van der Waals surface area contributed by atoms with Gasteiger partial charge in [-0.05, 0) is 36.2 Å². The lowest BCUT2D eigenvalue weighted by Crippen LogP contribution is -2.30. The topological polar surface area (TPSA) is 78.9 Å². The predicted octanol–water partition coefficient (Wildman–Crippen LogP) is 5.08. The smallest absolute Gasteiger partial charge is 0.419 e. The second-order valence-electron chi connectivity index (χ2n) is 5.96. The number of aliphatic carboxylic acids is 1. The highest BCUT2D eigenvalue weighted by molar-refractivity contribution is 7.58. The number of alkyl halides is 2. The monoisotopic (exact) mass is 444 g/mol. The van der Waals surface area contributed by atoms with Crippen LogP contribution in [0, 0.1) is 0 Å². The van der Waals surface area contributed by atoms with Crippen molar-refractivity contribution in [3.05, 3.63) is 60.2 Å². The van der Waals surface area contributed by atoms with Gasteiger partial charge in [0.25, 0.3) is 0 Å². The predicted molar refractivity (Wildman–Crippen MR) is 114 cm³/mol. The molecule has 0 aliphatic carbocycles. The summed E-state index contributed by atoms with van der Waals surface area (Å²) in [6.45, 7) is 0.671. The third kappa shape index (κ3) is 7.02. The second-order valence-corrected chi connectivity index (χ2v) is 8.73. The number of benzene rings is 2. The van der Waals surface area contributed by atoms with Crippen LogP contribution >= 0.6 is 30.9 Å². The zero-order chi connectivity index (χ0) is 20.4. The molecule has 0 fully saturated rings. The molecule has 0 aliphatic heterocycles. The summed E-state index contributed by atoms with van der Waals surface area (Å²) in [7, 11) is -3.53. The van der Waals surface area contributed by atoms with Crippen LogP contribution in [0.4, 0.5) is 5.69 Å². The average Bonchev–Trinajstić information content (AvgIpc) is 2.68. The van der Waals surface area contributed by atoms with Gasteiger partial charge in [-0.1, -0.05) is 30.3 Å². The van der Waals surface area contributed by atoms with Crippen molar-refractivity contribution in [2.45, 2.75) is 12.8 Å². The molecule has 152 valence electrons. The van der Waals surface area contributed by atoms with Crippen molar-refractivity contribution in [3.63, 3.8) is 0 Å². The molecule has 6 nitrogen and oxygen atoms in total. The van der Waals surface area contributed by atoms with Crippen LogP contribution in [0.1, 0.15) is 12.0 Å². The van der Waals surface area contributed by atoms with Crippen molar-refractivity contribution in [2.75, 3.05) is 29.9 Å². The fraction of sp³-hybridized carbons (Fsp3) is 0.316. The van der Waals surface area contributed by atoms with Crippen molar-refractivity contribution in [3.8, 4) is 5.75 Å². The van der Waals surface area contributed by atoms with Crippen LogP contribution in [0.15, 0.2) is 54.6 Å². The van der Waals surface area contributed by atoms with E-state index in [0.29, 0.717) is 30.9 Å². The van der Waals surface area contributed by atoms with Crippen LogP contribution in [0.3, 0.4) is 0 Å². The molecule has 9 heteroatoms. The number of nitrogens with one attached hydrogen (secondary N) is 1. The maximum atomic E-state index is 13.7. The summed E-state index contributed by atoms with van der Waals surface area (Å²) in [5.41, 5.74) is 1.47. The molecule has 0 aliphatic rings. The largest absolute Gasteiger partial charge is 0.481 e. The van der Waals surface area contributed by atoms with E-state index in [1.807, 2.05) is 6.07 Å². The molecular weight excluding hydrogens is 422 g/mol. The van der Waals surface area contributed by atoms with Crippen molar-refractivity contribution in [1.82, 2.24) is 4.67 Å². The first kappa shape index (κ1) is 22.6. The number of carboxylic acids is 1. The quantitative estimate of drug-likeness (QED) is 0.350. The third-order valence-corrected chi connectivity index (χ3v) is 6.36. The van der Waals surface area contributed by atoms with Gasteiger partial charge in [0.15, 0.2) is 0 Å². The lowest BCUT2D eigenvalue weighted by atomic mass is 10.1. The molecule has 0 spiro atoms. The molecule has 2 N–H and O–H groups in total. The maximum absolute atomic E-state index is 13.7. The Kier molecular flexibility index (Phi) is 9.13. The van der Waals surface area contributed by atoms with E-state index in [9.17, 15) is 9.36 Å². The minimum atomic E-state index is -3.53. The Morgan fingerprint density at radius 1 is 1.04 bits per heavy atom. The lowest BCUT2D eigenvalue weighted by Gasteiger charge is -2.31. The van der Waals surface area contributed by atoms with Crippen LogP contribution in [0.25, 0.3) is 0 Å². The summed E-state index contributed by atoms with van der Waals surface area (Å²) in [6.07, 6.45) is 0.486. The van der Waals surface area contributed by atoms with E-state index in [-0.39, 0.29) is 18.2 Å². The highest BCUT2D eigenvalue weighted by Gasteiger charge is 2.33. The average molecular weight is 445 g/mol. The van der Waals surface area contributed by atoms with E-state index in [4.69, 9.17) is 32.8 Å². The van der Waals surface area contributed by atoms with E-state index >= 15 is 0 Å². The normalized spacial score (nSPS) is 13.1. The molecule has 0 bridgehead atoms. The van der Waals surface area contributed by atoms with E-state index in [0.717, 1.165) is 5.56 Å². The number of nitrogens with zero attached hydrogens (tertiary/aromatic N) is 1. The van der Waals surface area contributed by atoms with E-state index < -0.39 is 13.6 Å². The first-order valence-electron chi connectivity index (χ1n) is 8.78. The maximum Gasteiger partial charge on any atom is 0.419 e. The Morgan fingerprint density at radius 3 is 2.18 bits per heavy atom. The Balaban J connectivity index is 2.23. The summed E-state index contributed by atoms with van der Waals surface area (Å²) in [5.74, 6) is 0.162. The van der Waals surface area contributed by atoms with E-state index in [1.165, 1.54) is 0 Å². The molecule has 0 heterocycles. The van der Waals surface area contributed by atoms with Crippen LogP contribution in [-0.2, 0) is 15.8 Å². The zero-order valence-corrected chi connectivity index (χ0v) is 17.7. The number of rotatable bonds is 12. The van der Waals surface area contributed by atoms with Crippen molar-refractivity contribution in [2.24, 2.45) is 0 Å². The van der Waals surface area contributed by atoms with Gasteiger partial charge >= 0.3 is 13.6 Å². The number of aryl methyl sites for hydroxylation is 1. The van der Waals surface area contributed by atoms with Crippen molar-refractivity contribution < 1.29 is 19.0 Å². The number of halogens is 2. The first-order valence-corrected chi connectivity index (χ1v) is 11.4. The standard InChI is InChI=1S/C19H23Cl2N2O4P/c20-12-14-23(15-13-21)28(26,27-18-4-2-1-3-5-18)22-17-9-6-16(7-10-17)8-11-19(24)25/h1-7,9-10H,8,11-15H2,(H,22,26)(H,24,25)/t28-/m1/s1. The molecule has 0 amide bonds. The fourth-order valence-electron chi connectivity index (χ4n) is 2.51. The Hall–Kier alpha value is -1.72. The van der Waals surface area contributed by atoms with Gasteiger partial charge in [0, 0.05) is 37.0 Å². The van der Waals surface area contributed by atoms with E-state index in [1.54, 1.807) is 53.2 Å². The number of carboxylic acid groups (broad SMARTS) is 1. The highest BCUT2D eigenvalue weighted by atomic mass is 35.5. The van der Waals surface area contributed by atoms with Gasteiger partial charge in [-0.2, -0.15) is 0 Å². The summed E-state index contributed by atoms with van der Waals surface area (Å²) in [6, 6.07) is 16.0. The highest BCUT2D eigenvalue weighted by Crippen LogP contribution is 2.50. The Labute approximate surface area is 175 Å². The molecule has 2 aromatic rings. The molecule has 0 unspecified atom stereocenters. The van der Waals surface area contributed by atoms with Gasteiger partial charge in [-0.3, -0.25) is 9.88 Å². The Morgan fingerprint density at radius 2 is 1.64 bits per heavy atom. The van der Waals surface area contributed by atoms with Gasteiger partial charge in [-0.25, -0.2) is 9.24 Å².